The summed E-state index contributed by atoms with van der Waals surface area (Å²) in [5.74, 6) is 0.855. The number of methoxy groups -OCH3 is 2. The standard InChI is InChI=1S/C13H17N5O3/c1-8(19)6-16-11-10(14-4-5-15-11)9-7-17-13(21-3)18-12(9)20-2/h4-5,7-8,19H,6H2,1-3H3,(H,15,16). The van der Waals surface area contributed by atoms with Gasteiger partial charge in [-0.2, -0.15) is 4.98 Å². The summed E-state index contributed by atoms with van der Waals surface area (Å²) in [6.45, 7) is 2.03. The maximum Gasteiger partial charge on any atom is 0.319 e. The summed E-state index contributed by atoms with van der Waals surface area (Å²) >= 11 is 0. The molecule has 0 bridgehead atoms. The Morgan fingerprint density at radius 3 is 2.62 bits per heavy atom. The van der Waals surface area contributed by atoms with Crippen molar-refractivity contribution in [3.05, 3.63) is 18.6 Å². The molecule has 0 amide bonds. The molecule has 0 saturated carbocycles. The number of anilines is 1. The Hall–Kier alpha value is -2.48. The summed E-state index contributed by atoms with van der Waals surface area (Å²) in [4.78, 5) is 16.7. The van der Waals surface area contributed by atoms with Gasteiger partial charge in [-0.25, -0.2) is 9.97 Å². The molecule has 0 radical (unpaired) electrons. The van der Waals surface area contributed by atoms with E-state index < -0.39 is 6.10 Å². The third kappa shape index (κ3) is 3.54. The smallest absolute Gasteiger partial charge is 0.319 e. The minimum atomic E-state index is -0.506. The second-order valence-corrected chi connectivity index (χ2v) is 4.26. The van der Waals surface area contributed by atoms with Crippen LogP contribution in [0.2, 0.25) is 0 Å². The first-order valence-electron chi connectivity index (χ1n) is 6.34. The minimum absolute atomic E-state index is 0.206. The Balaban J connectivity index is 2.41. The molecule has 2 aromatic heterocycles. The summed E-state index contributed by atoms with van der Waals surface area (Å²) in [5.41, 5.74) is 1.12. The van der Waals surface area contributed by atoms with Crippen molar-refractivity contribution in [3.8, 4) is 23.1 Å². The highest BCUT2D eigenvalue weighted by atomic mass is 16.5. The largest absolute Gasteiger partial charge is 0.480 e. The number of hydrogen-bond acceptors (Lipinski definition) is 8. The van der Waals surface area contributed by atoms with Gasteiger partial charge >= 0.3 is 6.01 Å². The van der Waals surface area contributed by atoms with E-state index in [0.29, 0.717) is 29.5 Å². The number of hydrogen-bond donors (Lipinski definition) is 2. The number of nitrogens with one attached hydrogen (secondary N) is 1. The molecular weight excluding hydrogens is 274 g/mol. The molecule has 1 atom stereocenters. The Labute approximate surface area is 122 Å². The highest BCUT2D eigenvalue weighted by molar-refractivity contribution is 5.74. The molecule has 0 spiro atoms. The van der Waals surface area contributed by atoms with Crippen LogP contribution in [0.5, 0.6) is 11.9 Å². The first kappa shape index (κ1) is 14.9. The van der Waals surface area contributed by atoms with E-state index >= 15 is 0 Å². The molecule has 0 aliphatic carbocycles. The van der Waals surface area contributed by atoms with Crippen LogP contribution in [0.15, 0.2) is 18.6 Å². The molecule has 0 aliphatic heterocycles. The average molecular weight is 291 g/mol. The van der Waals surface area contributed by atoms with E-state index in [-0.39, 0.29) is 6.01 Å². The average Bonchev–Trinajstić information content (AvgIpc) is 2.52. The molecule has 0 aliphatic rings. The summed E-state index contributed by atoms with van der Waals surface area (Å²) in [6.07, 6.45) is 4.17. The molecule has 8 heteroatoms. The Morgan fingerprint density at radius 1 is 1.19 bits per heavy atom. The van der Waals surface area contributed by atoms with Gasteiger partial charge in [0.1, 0.15) is 5.69 Å². The van der Waals surface area contributed by atoms with Crippen LogP contribution in [0, 0.1) is 0 Å². The summed E-state index contributed by atoms with van der Waals surface area (Å²) in [5, 5.41) is 12.4. The van der Waals surface area contributed by atoms with Gasteiger partial charge in [0, 0.05) is 25.1 Å². The molecule has 1 unspecified atom stereocenters. The van der Waals surface area contributed by atoms with Crippen LogP contribution < -0.4 is 14.8 Å². The second-order valence-electron chi connectivity index (χ2n) is 4.26. The Bertz CT molecular complexity index is 606. The van der Waals surface area contributed by atoms with Crippen molar-refractivity contribution in [2.75, 3.05) is 26.1 Å². The van der Waals surface area contributed by atoms with Gasteiger partial charge in [0.05, 0.1) is 25.9 Å². The predicted molar refractivity (Wildman–Crippen MR) is 76.3 cm³/mol. The van der Waals surface area contributed by atoms with E-state index in [2.05, 4.69) is 25.3 Å². The van der Waals surface area contributed by atoms with Gasteiger partial charge in [0.25, 0.3) is 0 Å². The Morgan fingerprint density at radius 2 is 1.95 bits per heavy atom. The van der Waals surface area contributed by atoms with Crippen molar-refractivity contribution in [1.29, 1.82) is 0 Å². The zero-order valence-electron chi connectivity index (χ0n) is 12.1. The summed E-state index contributed by atoms with van der Waals surface area (Å²) < 4.78 is 10.2. The molecule has 2 aromatic rings. The van der Waals surface area contributed by atoms with Crippen LogP contribution in [-0.4, -0.2) is 51.9 Å². The van der Waals surface area contributed by atoms with Crippen molar-refractivity contribution in [1.82, 2.24) is 19.9 Å². The molecule has 2 rings (SSSR count). The monoisotopic (exact) mass is 291 g/mol. The zero-order chi connectivity index (χ0) is 15.2. The SMILES string of the molecule is COc1ncc(-c2nccnc2NCC(C)O)c(OC)n1. The van der Waals surface area contributed by atoms with Crippen molar-refractivity contribution < 1.29 is 14.6 Å². The lowest BCUT2D eigenvalue weighted by Gasteiger charge is -2.13. The highest BCUT2D eigenvalue weighted by Crippen LogP contribution is 2.31. The highest BCUT2D eigenvalue weighted by Gasteiger charge is 2.16. The quantitative estimate of drug-likeness (QED) is 0.803. The number of aliphatic hydroxyl groups excluding tert-OH is 1. The fraction of sp³-hybridized carbons (Fsp3) is 0.385. The van der Waals surface area contributed by atoms with Gasteiger partial charge < -0.3 is 19.9 Å². The van der Waals surface area contributed by atoms with Crippen LogP contribution in [0.4, 0.5) is 5.82 Å². The molecule has 2 heterocycles. The molecule has 2 N–H and O–H groups in total. The molecule has 0 fully saturated rings. The maximum atomic E-state index is 9.37. The van der Waals surface area contributed by atoms with Gasteiger partial charge in [0.15, 0.2) is 5.82 Å². The molecule has 21 heavy (non-hydrogen) atoms. The predicted octanol–water partition coefficient (Wildman–Crippen LogP) is 0.743. The van der Waals surface area contributed by atoms with Crippen molar-refractivity contribution >= 4 is 5.82 Å². The van der Waals surface area contributed by atoms with Crippen molar-refractivity contribution in [2.45, 2.75) is 13.0 Å². The number of aromatic nitrogens is 4. The van der Waals surface area contributed by atoms with Gasteiger partial charge in [-0.05, 0) is 6.92 Å². The third-order valence-electron chi connectivity index (χ3n) is 2.63. The topological polar surface area (TPSA) is 102 Å². The van der Waals surface area contributed by atoms with E-state index in [0.717, 1.165) is 0 Å². The number of ether oxygens (including phenoxy) is 2. The van der Waals surface area contributed by atoms with Crippen LogP contribution in [-0.2, 0) is 0 Å². The van der Waals surface area contributed by atoms with E-state index in [4.69, 9.17) is 9.47 Å². The zero-order valence-corrected chi connectivity index (χ0v) is 12.1. The second kappa shape index (κ2) is 6.80. The van der Waals surface area contributed by atoms with Gasteiger partial charge in [-0.1, -0.05) is 0 Å². The lowest BCUT2D eigenvalue weighted by Crippen LogP contribution is -2.17. The number of aliphatic hydroxyl groups is 1. The molecule has 0 saturated heterocycles. The fourth-order valence-electron chi connectivity index (χ4n) is 1.68. The lowest BCUT2D eigenvalue weighted by atomic mass is 10.2. The first-order chi connectivity index (χ1) is 10.2. The molecular formula is C13H17N5O3. The third-order valence-corrected chi connectivity index (χ3v) is 2.63. The van der Waals surface area contributed by atoms with E-state index in [9.17, 15) is 5.11 Å². The maximum absolute atomic E-state index is 9.37. The van der Waals surface area contributed by atoms with Crippen LogP contribution in [0.25, 0.3) is 11.3 Å². The van der Waals surface area contributed by atoms with E-state index in [1.165, 1.54) is 14.2 Å². The van der Waals surface area contributed by atoms with Gasteiger partial charge in [0.2, 0.25) is 5.88 Å². The summed E-state index contributed by atoms with van der Waals surface area (Å²) in [6, 6.07) is 0.206. The molecule has 0 aromatic carbocycles. The summed E-state index contributed by atoms with van der Waals surface area (Å²) in [7, 11) is 2.98. The fourth-order valence-corrected chi connectivity index (χ4v) is 1.68. The van der Waals surface area contributed by atoms with Crippen LogP contribution in [0.1, 0.15) is 6.92 Å². The molecule has 112 valence electrons. The number of rotatable bonds is 6. The minimum Gasteiger partial charge on any atom is -0.480 e. The number of nitrogens with zero attached hydrogens (tertiary/aromatic N) is 4. The van der Waals surface area contributed by atoms with Gasteiger partial charge in [-0.15, -0.1) is 0 Å². The van der Waals surface area contributed by atoms with Gasteiger partial charge in [-0.3, -0.25) is 4.98 Å². The normalized spacial score (nSPS) is 11.8. The van der Waals surface area contributed by atoms with Crippen LogP contribution >= 0.6 is 0 Å². The van der Waals surface area contributed by atoms with E-state index in [1.54, 1.807) is 25.5 Å². The van der Waals surface area contributed by atoms with Crippen LogP contribution in [0.3, 0.4) is 0 Å². The molecule has 8 nitrogen and oxygen atoms in total. The van der Waals surface area contributed by atoms with Crippen molar-refractivity contribution in [3.63, 3.8) is 0 Å². The first-order valence-corrected chi connectivity index (χ1v) is 6.34. The van der Waals surface area contributed by atoms with E-state index in [1.807, 2.05) is 0 Å². The van der Waals surface area contributed by atoms with Crippen molar-refractivity contribution in [2.24, 2.45) is 0 Å². The lowest BCUT2D eigenvalue weighted by molar-refractivity contribution is 0.208. The Kier molecular flexibility index (Phi) is 4.83.